The van der Waals surface area contributed by atoms with Gasteiger partial charge in [0.15, 0.2) is 5.96 Å². The molecule has 1 heterocycles. The largest absolute Gasteiger partial charge is 0.352 e. The zero-order valence-corrected chi connectivity index (χ0v) is 16.7. The predicted molar refractivity (Wildman–Crippen MR) is 105 cm³/mol. The monoisotopic (exact) mass is 450 g/mol. The second-order valence-corrected chi connectivity index (χ2v) is 6.24. The lowest BCUT2D eigenvalue weighted by molar-refractivity contribution is 0.470. The molecular formula is C15H20ClIN4S. The second-order valence-electron chi connectivity index (χ2n) is 4.74. The molecule has 0 saturated heterocycles. The van der Waals surface area contributed by atoms with Gasteiger partial charge in [0.05, 0.1) is 17.2 Å². The smallest absolute Gasteiger partial charge is 0.194 e. The SMILES string of the molecule is CN=C(NCc1cccc(Cl)c1)N(C)Cc1csc(C)n1.I. The number of thiazole rings is 1. The molecule has 0 spiro atoms. The first-order valence-corrected chi connectivity index (χ1v) is 7.91. The molecule has 0 unspecified atom stereocenters. The van der Waals surface area contributed by atoms with Gasteiger partial charge in [-0.05, 0) is 24.6 Å². The molecule has 1 N–H and O–H groups in total. The number of benzene rings is 1. The van der Waals surface area contributed by atoms with Crippen LogP contribution < -0.4 is 5.32 Å². The Hall–Kier alpha value is -0.860. The third kappa shape index (κ3) is 5.73. The van der Waals surface area contributed by atoms with Crippen molar-refractivity contribution in [3.05, 3.63) is 50.9 Å². The minimum absolute atomic E-state index is 0. The van der Waals surface area contributed by atoms with E-state index >= 15 is 0 Å². The van der Waals surface area contributed by atoms with Gasteiger partial charge in [0, 0.05) is 31.0 Å². The molecule has 22 heavy (non-hydrogen) atoms. The normalized spacial score (nSPS) is 11.0. The van der Waals surface area contributed by atoms with E-state index in [1.165, 1.54) is 0 Å². The number of guanidine groups is 1. The van der Waals surface area contributed by atoms with Crippen molar-refractivity contribution in [2.45, 2.75) is 20.0 Å². The highest BCUT2D eigenvalue weighted by Crippen LogP contribution is 2.11. The lowest BCUT2D eigenvalue weighted by atomic mass is 10.2. The van der Waals surface area contributed by atoms with Crippen molar-refractivity contribution in [2.24, 2.45) is 4.99 Å². The zero-order valence-electron chi connectivity index (χ0n) is 12.8. The van der Waals surface area contributed by atoms with Crippen LogP contribution in [0.25, 0.3) is 0 Å². The van der Waals surface area contributed by atoms with Crippen molar-refractivity contribution in [2.75, 3.05) is 14.1 Å². The molecule has 0 fully saturated rings. The van der Waals surface area contributed by atoms with E-state index in [1.807, 2.05) is 38.2 Å². The molecule has 1 aromatic heterocycles. The Morgan fingerprint density at radius 3 is 2.82 bits per heavy atom. The van der Waals surface area contributed by atoms with E-state index in [-0.39, 0.29) is 24.0 Å². The Kier molecular flexibility index (Phi) is 8.13. The minimum atomic E-state index is 0. The van der Waals surface area contributed by atoms with Crippen LogP contribution in [0.4, 0.5) is 0 Å². The molecule has 1 aromatic carbocycles. The van der Waals surface area contributed by atoms with Crippen LogP contribution >= 0.6 is 46.9 Å². The number of hydrogen-bond acceptors (Lipinski definition) is 3. The Balaban J connectivity index is 0.00000242. The van der Waals surface area contributed by atoms with Crippen LogP contribution in [0.5, 0.6) is 0 Å². The van der Waals surface area contributed by atoms with E-state index in [4.69, 9.17) is 11.6 Å². The van der Waals surface area contributed by atoms with E-state index in [9.17, 15) is 0 Å². The first-order valence-electron chi connectivity index (χ1n) is 6.65. The Morgan fingerprint density at radius 2 is 2.23 bits per heavy atom. The molecule has 0 atom stereocenters. The summed E-state index contributed by atoms with van der Waals surface area (Å²) in [5, 5.41) is 7.24. The third-order valence-electron chi connectivity index (χ3n) is 2.98. The lowest BCUT2D eigenvalue weighted by Crippen LogP contribution is -2.38. The minimum Gasteiger partial charge on any atom is -0.352 e. The van der Waals surface area contributed by atoms with Crippen LogP contribution in [0.15, 0.2) is 34.6 Å². The first-order chi connectivity index (χ1) is 10.1. The van der Waals surface area contributed by atoms with Crippen LogP contribution in [-0.4, -0.2) is 29.9 Å². The summed E-state index contributed by atoms with van der Waals surface area (Å²) in [5.74, 6) is 0.834. The summed E-state index contributed by atoms with van der Waals surface area (Å²) in [6, 6.07) is 7.81. The number of nitrogens with zero attached hydrogens (tertiary/aromatic N) is 3. The van der Waals surface area contributed by atoms with E-state index < -0.39 is 0 Å². The fraction of sp³-hybridized carbons (Fsp3) is 0.333. The number of aliphatic imine (C=N–C) groups is 1. The van der Waals surface area contributed by atoms with E-state index in [1.54, 1.807) is 18.4 Å². The lowest BCUT2D eigenvalue weighted by Gasteiger charge is -2.21. The molecule has 4 nitrogen and oxygen atoms in total. The third-order valence-corrected chi connectivity index (χ3v) is 4.04. The maximum Gasteiger partial charge on any atom is 0.194 e. The molecular weight excluding hydrogens is 431 g/mol. The van der Waals surface area contributed by atoms with Crippen LogP contribution in [0, 0.1) is 6.92 Å². The summed E-state index contributed by atoms with van der Waals surface area (Å²) >= 11 is 7.66. The molecule has 2 aromatic rings. The van der Waals surface area contributed by atoms with Gasteiger partial charge in [0.1, 0.15) is 0 Å². The summed E-state index contributed by atoms with van der Waals surface area (Å²) in [6.45, 7) is 3.44. The van der Waals surface area contributed by atoms with Gasteiger partial charge in [-0.2, -0.15) is 0 Å². The Bertz CT molecular complexity index is 630. The van der Waals surface area contributed by atoms with Crippen molar-refractivity contribution < 1.29 is 0 Å². The molecule has 7 heteroatoms. The van der Waals surface area contributed by atoms with Crippen molar-refractivity contribution in [1.82, 2.24) is 15.2 Å². The molecule has 0 saturated carbocycles. The fourth-order valence-electron chi connectivity index (χ4n) is 2.01. The summed E-state index contributed by atoms with van der Waals surface area (Å²) in [4.78, 5) is 10.8. The van der Waals surface area contributed by atoms with Gasteiger partial charge < -0.3 is 10.2 Å². The van der Waals surface area contributed by atoms with Crippen molar-refractivity contribution >= 4 is 52.9 Å². The molecule has 2 rings (SSSR count). The maximum absolute atomic E-state index is 5.99. The molecule has 120 valence electrons. The van der Waals surface area contributed by atoms with E-state index in [0.717, 1.165) is 33.8 Å². The Morgan fingerprint density at radius 1 is 1.45 bits per heavy atom. The highest BCUT2D eigenvalue weighted by molar-refractivity contribution is 14.0. The summed E-state index contributed by atoms with van der Waals surface area (Å²) in [7, 11) is 3.78. The maximum atomic E-state index is 5.99. The van der Waals surface area contributed by atoms with E-state index in [2.05, 4.69) is 25.6 Å². The van der Waals surface area contributed by atoms with Gasteiger partial charge in [0.25, 0.3) is 0 Å². The Labute approximate surface area is 157 Å². The standard InChI is InChI=1S/C15H19ClN4S.HI/c1-11-19-14(10-21-11)9-20(3)15(17-2)18-8-12-5-4-6-13(16)7-12;/h4-7,10H,8-9H2,1-3H3,(H,17,18);1H. The predicted octanol–water partition coefficient (Wildman–Crippen LogP) is 3.93. The van der Waals surface area contributed by atoms with Gasteiger partial charge in [0.2, 0.25) is 0 Å². The van der Waals surface area contributed by atoms with Gasteiger partial charge in [-0.25, -0.2) is 4.98 Å². The topological polar surface area (TPSA) is 40.5 Å². The number of halogens is 2. The first kappa shape index (κ1) is 19.2. The quantitative estimate of drug-likeness (QED) is 0.436. The van der Waals surface area contributed by atoms with Crippen LogP contribution in [-0.2, 0) is 13.1 Å². The van der Waals surface area contributed by atoms with Gasteiger partial charge >= 0.3 is 0 Å². The second kappa shape index (κ2) is 9.32. The highest BCUT2D eigenvalue weighted by Gasteiger charge is 2.08. The number of aromatic nitrogens is 1. The van der Waals surface area contributed by atoms with Crippen molar-refractivity contribution in [3.8, 4) is 0 Å². The van der Waals surface area contributed by atoms with Crippen LogP contribution in [0.2, 0.25) is 5.02 Å². The molecule has 0 aliphatic heterocycles. The average Bonchev–Trinajstić information content (AvgIpc) is 2.85. The molecule has 0 bridgehead atoms. The number of nitrogens with one attached hydrogen (secondary N) is 1. The zero-order chi connectivity index (χ0) is 15.2. The number of aryl methyl sites for hydroxylation is 1. The number of rotatable bonds is 4. The fourth-order valence-corrected chi connectivity index (χ4v) is 2.83. The van der Waals surface area contributed by atoms with Gasteiger partial charge in [-0.3, -0.25) is 4.99 Å². The molecule has 0 aliphatic rings. The summed E-state index contributed by atoms with van der Waals surface area (Å²) < 4.78 is 0. The molecule has 0 aliphatic carbocycles. The van der Waals surface area contributed by atoms with E-state index in [0.29, 0.717) is 6.54 Å². The van der Waals surface area contributed by atoms with Crippen LogP contribution in [0.3, 0.4) is 0 Å². The van der Waals surface area contributed by atoms with Gasteiger partial charge in [-0.15, -0.1) is 35.3 Å². The highest BCUT2D eigenvalue weighted by atomic mass is 127. The van der Waals surface area contributed by atoms with Crippen molar-refractivity contribution in [3.63, 3.8) is 0 Å². The number of hydrogen-bond donors (Lipinski definition) is 1. The average molecular weight is 451 g/mol. The molecule has 0 amide bonds. The summed E-state index contributed by atoms with van der Waals surface area (Å²) in [6.07, 6.45) is 0. The molecule has 0 radical (unpaired) electrons. The van der Waals surface area contributed by atoms with Crippen molar-refractivity contribution in [1.29, 1.82) is 0 Å². The van der Waals surface area contributed by atoms with Crippen LogP contribution in [0.1, 0.15) is 16.3 Å². The summed E-state index contributed by atoms with van der Waals surface area (Å²) in [5.41, 5.74) is 2.19. The van der Waals surface area contributed by atoms with Gasteiger partial charge in [-0.1, -0.05) is 23.7 Å².